The minimum Gasteiger partial charge on any atom is -0.373 e. The highest BCUT2D eigenvalue weighted by Gasteiger charge is 2.01. The van der Waals surface area contributed by atoms with Gasteiger partial charge in [0.1, 0.15) is 0 Å². The summed E-state index contributed by atoms with van der Waals surface area (Å²) < 4.78 is 0. The van der Waals surface area contributed by atoms with Crippen LogP contribution in [0.4, 0.5) is 0 Å². The van der Waals surface area contributed by atoms with E-state index in [9.17, 15) is 4.79 Å². The van der Waals surface area contributed by atoms with Crippen LogP contribution in [0.2, 0.25) is 0 Å². The van der Waals surface area contributed by atoms with E-state index in [2.05, 4.69) is 16.1 Å². The van der Waals surface area contributed by atoms with Crippen LogP contribution < -0.4 is 11.2 Å². The van der Waals surface area contributed by atoms with Gasteiger partial charge in [-0.2, -0.15) is 5.90 Å². The monoisotopic (exact) mass is 191 g/mol. The minimum atomic E-state index is -0.455. The molecule has 0 aliphatic heterocycles. The van der Waals surface area contributed by atoms with E-state index in [4.69, 9.17) is 12.2 Å². The van der Waals surface area contributed by atoms with Crippen molar-refractivity contribution in [1.29, 1.82) is 0 Å². The molecule has 0 spiro atoms. The molecule has 0 aromatic carbocycles. The van der Waals surface area contributed by atoms with Crippen molar-refractivity contribution in [2.75, 3.05) is 20.6 Å². The van der Waals surface area contributed by atoms with Crippen LogP contribution >= 0.6 is 12.2 Å². The van der Waals surface area contributed by atoms with E-state index in [-0.39, 0.29) is 6.42 Å². The lowest BCUT2D eigenvalue weighted by Crippen LogP contribution is -2.35. The maximum Gasteiger partial charge on any atom is 0.326 e. The van der Waals surface area contributed by atoms with E-state index in [1.54, 1.807) is 4.90 Å². The van der Waals surface area contributed by atoms with Gasteiger partial charge in [0.15, 0.2) is 5.11 Å². The van der Waals surface area contributed by atoms with Crippen LogP contribution in [0.5, 0.6) is 0 Å². The summed E-state index contributed by atoms with van der Waals surface area (Å²) in [6, 6.07) is 0. The zero-order chi connectivity index (χ0) is 9.56. The van der Waals surface area contributed by atoms with E-state index in [1.807, 2.05) is 14.1 Å². The van der Waals surface area contributed by atoms with Gasteiger partial charge in [-0.15, -0.1) is 0 Å². The molecule has 0 saturated carbocycles. The molecule has 0 radical (unpaired) electrons. The molecule has 5 nitrogen and oxygen atoms in total. The maximum absolute atomic E-state index is 10.5. The van der Waals surface area contributed by atoms with Crippen molar-refractivity contribution in [3.05, 3.63) is 0 Å². The van der Waals surface area contributed by atoms with Gasteiger partial charge in [0.05, 0.1) is 6.42 Å². The summed E-state index contributed by atoms with van der Waals surface area (Å²) in [5.74, 6) is 4.17. The van der Waals surface area contributed by atoms with E-state index in [1.165, 1.54) is 0 Å². The number of nitrogens with two attached hydrogens (primary N) is 1. The molecule has 6 heteroatoms. The third-order valence-corrected chi connectivity index (χ3v) is 1.65. The zero-order valence-corrected chi connectivity index (χ0v) is 7.98. The smallest absolute Gasteiger partial charge is 0.326 e. The van der Waals surface area contributed by atoms with Gasteiger partial charge < -0.3 is 15.1 Å². The van der Waals surface area contributed by atoms with Gasteiger partial charge in [0.25, 0.3) is 0 Å². The molecule has 0 unspecified atom stereocenters. The third-order valence-electron chi connectivity index (χ3n) is 1.14. The van der Waals surface area contributed by atoms with E-state index < -0.39 is 5.97 Å². The zero-order valence-electron chi connectivity index (χ0n) is 7.16. The first-order chi connectivity index (χ1) is 5.57. The summed E-state index contributed by atoms with van der Waals surface area (Å²) in [4.78, 5) is 16.2. The molecule has 70 valence electrons. The summed E-state index contributed by atoms with van der Waals surface area (Å²) in [7, 11) is 3.63. The Hall–Kier alpha value is -0.880. The van der Waals surface area contributed by atoms with Crippen molar-refractivity contribution in [3.8, 4) is 0 Å². The highest BCUT2D eigenvalue weighted by atomic mass is 32.1. The summed E-state index contributed by atoms with van der Waals surface area (Å²) >= 11 is 4.90. The molecule has 0 aliphatic rings. The van der Waals surface area contributed by atoms with Crippen molar-refractivity contribution in [2.24, 2.45) is 5.90 Å². The molecule has 3 N–H and O–H groups in total. The average molecular weight is 191 g/mol. The fraction of sp³-hybridized carbons (Fsp3) is 0.667. The van der Waals surface area contributed by atoms with Crippen molar-refractivity contribution in [2.45, 2.75) is 6.42 Å². The Morgan fingerprint density at radius 1 is 1.67 bits per heavy atom. The molecular formula is C6H13N3O2S. The molecular weight excluding hydrogens is 178 g/mol. The number of thiocarbonyl (C=S) groups is 1. The lowest BCUT2D eigenvalue weighted by molar-refractivity contribution is -0.143. The molecule has 0 amide bonds. The summed E-state index contributed by atoms with van der Waals surface area (Å²) in [5.41, 5.74) is 0. The maximum atomic E-state index is 10.5. The van der Waals surface area contributed by atoms with Gasteiger partial charge in [-0.25, -0.2) is 0 Å². The highest BCUT2D eigenvalue weighted by molar-refractivity contribution is 7.80. The van der Waals surface area contributed by atoms with Crippen LogP contribution in [0.3, 0.4) is 0 Å². The largest absolute Gasteiger partial charge is 0.373 e. The molecule has 0 fully saturated rings. The summed E-state index contributed by atoms with van der Waals surface area (Å²) in [6.45, 7) is 0.438. The number of hydrogen-bond acceptors (Lipinski definition) is 4. The summed E-state index contributed by atoms with van der Waals surface area (Å²) in [6.07, 6.45) is 0.213. The molecule has 0 rings (SSSR count). The number of nitrogens with one attached hydrogen (secondary N) is 1. The van der Waals surface area contributed by atoms with Gasteiger partial charge in [0, 0.05) is 20.6 Å². The fourth-order valence-corrected chi connectivity index (χ4v) is 0.591. The first-order valence-electron chi connectivity index (χ1n) is 3.42. The quantitative estimate of drug-likeness (QED) is 0.451. The second kappa shape index (κ2) is 5.73. The molecule has 0 bridgehead atoms. The van der Waals surface area contributed by atoms with Crippen molar-refractivity contribution < 1.29 is 9.63 Å². The standard InChI is InChI=1S/C6H13N3O2S/c1-9(2)6(12)8-4-3-5(10)11-7/h3-4,7H2,1-2H3,(H,8,12). The SMILES string of the molecule is CN(C)C(=S)NCCC(=O)ON. The van der Waals surface area contributed by atoms with E-state index >= 15 is 0 Å². The Morgan fingerprint density at radius 3 is 2.67 bits per heavy atom. The lowest BCUT2D eigenvalue weighted by atomic mass is 10.4. The second-order valence-electron chi connectivity index (χ2n) is 2.37. The fourth-order valence-electron chi connectivity index (χ4n) is 0.489. The van der Waals surface area contributed by atoms with Crippen LogP contribution in [0.25, 0.3) is 0 Å². The molecule has 12 heavy (non-hydrogen) atoms. The second-order valence-corrected chi connectivity index (χ2v) is 2.75. The van der Waals surface area contributed by atoms with Gasteiger partial charge in [-0.1, -0.05) is 0 Å². The number of carbonyl (C=O) groups is 1. The minimum absolute atomic E-state index is 0.213. The topological polar surface area (TPSA) is 67.6 Å². The van der Waals surface area contributed by atoms with Crippen molar-refractivity contribution in [3.63, 3.8) is 0 Å². The third kappa shape index (κ3) is 4.86. The average Bonchev–Trinajstić information content (AvgIpc) is 2.03. The molecule has 0 aliphatic carbocycles. The van der Waals surface area contributed by atoms with Crippen LogP contribution in [-0.4, -0.2) is 36.6 Å². The Bertz CT molecular complexity index is 172. The van der Waals surface area contributed by atoms with E-state index in [0.29, 0.717) is 11.7 Å². The Labute approximate surface area is 76.8 Å². The van der Waals surface area contributed by atoms with Gasteiger partial charge in [0.2, 0.25) is 0 Å². The Balaban J connectivity index is 3.44. The molecule has 0 aromatic rings. The first-order valence-corrected chi connectivity index (χ1v) is 3.83. The normalized spacial score (nSPS) is 8.92. The van der Waals surface area contributed by atoms with Gasteiger partial charge >= 0.3 is 5.97 Å². The van der Waals surface area contributed by atoms with Crippen molar-refractivity contribution >= 4 is 23.3 Å². The Morgan fingerprint density at radius 2 is 2.25 bits per heavy atom. The van der Waals surface area contributed by atoms with Gasteiger partial charge in [-0.3, -0.25) is 4.79 Å². The van der Waals surface area contributed by atoms with E-state index in [0.717, 1.165) is 0 Å². The van der Waals surface area contributed by atoms with Crippen LogP contribution in [0.1, 0.15) is 6.42 Å². The van der Waals surface area contributed by atoms with Crippen LogP contribution in [0.15, 0.2) is 0 Å². The summed E-state index contributed by atoms with van der Waals surface area (Å²) in [5, 5.41) is 3.43. The van der Waals surface area contributed by atoms with Crippen LogP contribution in [-0.2, 0) is 9.63 Å². The molecule has 0 aromatic heterocycles. The van der Waals surface area contributed by atoms with Gasteiger partial charge in [-0.05, 0) is 12.2 Å². The predicted molar refractivity (Wildman–Crippen MR) is 49.2 cm³/mol. The molecule has 0 saturated heterocycles. The highest BCUT2D eigenvalue weighted by Crippen LogP contribution is 1.82. The lowest BCUT2D eigenvalue weighted by Gasteiger charge is -2.14. The number of carbonyl (C=O) groups excluding carboxylic acids is 1. The first kappa shape index (κ1) is 11.1. The predicted octanol–water partition coefficient (Wildman–Crippen LogP) is -0.770. The van der Waals surface area contributed by atoms with Crippen molar-refractivity contribution in [1.82, 2.24) is 10.2 Å². The Kier molecular flexibility index (Phi) is 5.31. The number of rotatable bonds is 3. The number of nitrogens with zero attached hydrogens (tertiary/aromatic N) is 1. The van der Waals surface area contributed by atoms with Crippen LogP contribution in [0, 0.1) is 0 Å². The number of hydrogen-bond donors (Lipinski definition) is 2. The molecule has 0 heterocycles. The molecule has 0 atom stereocenters.